The number of hydrogen-bond donors (Lipinski definition) is 1. The van der Waals surface area contributed by atoms with Crippen LogP contribution in [0.25, 0.3) is 11.4 Å². The fourth-order valence-corrected chi connectivity index (χ4v) is 2.64. The van der Waals surface area contributed by atoms with Crippen LogP contribution in [0.15, 0.2) is 47.2 Å². The molecular formula is C18H17Cl2N5O2. The molecule has 1 atom stereocenters. The zero-order valence-electron chi connectivity index (χ0n) is 14.7. The molecule has 0 bridgehead atoms. The van der Waals surface area contributed by atoms with Gasteiger partial charge in [-0.15, -0.1) is 0 Å². The molecule has 0 saturated heterocycles. The molecule has 0 radical (unpaired) electrons. The smallest absolute Gasteiger partial charge is 0.244 e. The number of carbonyl (C=O) groups is 1. The summed E-state index contributed by atoms with van der Waals surface area (Å²) in [5.41, 5.74) is 1.34. The average molecular weight is 406 g/mol. The lowest BCUT2D eigenvalue weighted by molar-refractivity contribution is -0.117. The first kappa shape index (κ1) is 19.3. The van der Waals surface area contributed by atoms with Gasteiger partial charge in [0.2, 0.25) is 17.6 Å². The first-order valence-corrected chi connectivity index (χ1v) is 8.89. The maximum Gasteiger partial charge on any atom is 0.244 e. The summed E-state index contributed by atoms with van der Waals surface area (Å²) in [7, 11) is 1.80. The van der Waals surface area contributed by atoms with E-state index in [9.17, 15) is 4.79 Å². The lowest BCUT2D eigenvalue weighted by Crippen LogP contribution is -2.32. The van der Waals surface area contributed by atoms with Crippen molar-refractivity contribution >= 4 is 34.8 Å². The minimum absolute atomic E-state index is 0.131. The lowest BCUT2D eigenvalue weighted by Gasteiger charge is -2.20. The zero-order chi connectivity index (χ0) is 19.4. The number of nitrogens with one attached hydrogen (secondary N) is 1. The van der Waals surface area contributed by atoms with Crippen LogP contribution in [0.2, 0.25) is 10.0 Å². The van der Waals surface area contributed by atoms with E-state index in [0.717, 1.165) is 5.56 Å². The molecule has 1 unspecified atom stereocenters. The first-order valence-electron chi connectivity index (χ1n) is 8.13. The van der Waals surface area contributed by atoms with Crippen molar-refractivity contribution < 1.29 is 9.32 Å². The molecule has 0 aliphatic rings. The highest BCUT2D eigenvalue weighted by molar-refractivity contribution is 6.42. The topological polar surface area (TPSA) is 84.2 Å². The Hall–Kier alpha value is -2.48. The summed E-state index contributed by atoms with van der Waals surface area (Å²) in [4.78, 5) is 22.5. The molecule has 1 N–H and O–H groups in total. The van der Waals surface area contributed by atoms with E-state index in [1.807, 2.05) is 13.0 Å². The lowest BCUT2D eigenvalue weighted by atomic mass is 10.2. The standard InChI is InChI=1S/C18H17Cl2N5O2/c1-11(18-23-17(24-27-18)12-4-3-7-21-9-12)25(2)10-16(26)22-13-5-6-14(19)15(20)8-13/h3-9,11H,10H2,1-2H3,(H,22,26). The molecular weight excluding hydrogens is 389 g/mol. The van der Waals surface area contributed by atoms with E-state index in [1.165, 1.54) is 0 Å². The molecule has 2 aromatic heterocycles. The van der Waals surface area contributed by atoms with Gasteiger partial charge in [0.1, 0.15) is 0 Å². The number of carbonyl (C=O) groups excluding carboxylic acids is 1. The summed E-state index contributed by atoms with van der Waals surface area (Å²) in [6.45, 7) is 2.01. The molecule has 0 aliphatic carbocycles. The van der Waals surface area contributed by atoms with E-state index < -0.39 is 0 Å². The number of halogens is 2. The van der Waals surface area contributed by atoms with Gasteiger partial charge >= 0.3 is 0 Å². The number of rotatable bonds is 6. The summed E-state index contributed by atoms with van der Waals surface area (Å²) in [5, 5.41) is 7.57. The Morgan fingerprint density at radius 2 is 2.11 bits per heavy atom. The molecule has 140 valence electrons. The Bertz CT molecular complexity index is 933. The van der Waals surface area contributed by atoms with Gasteiger partial charge in [-0.25, -0.2) is 0 Å². The highest BCUT2D eigenvalue weighted by Crippen LogP contribution is 2.25. The van der Waals surface area contributed by atoms with Gasteiger partial charge in [-0.1, -0.05) is 28.4 Å². The first-order chi connectivity index (χ1) is 12.9. The Morgan fingerprint density at radius 3 is 2.81 bits per heavy atom. The van der Waals surface area contributed by atoms with Gasteiger partial charge in [0.05, 0.1) is 22.6 Å². The van der Waals surface area contributed by atoms with Gasteiger partial charge in [-0.3, -0.25) is 14.7 Å². The maximum absolute atomic E-state index is 12.3. The van der Waals surface area contributed by atoms with Crippen molar-refractivity contribution in [3.8, 4) is 11.4 Å². The van der Waals surface area contributed by atoms with Crippen molar-refractivity contribution in [1.29, 1.82) is 0 Å². The highest BCUT2D eigenvalue weighted by atomic mass is 35.5. The third-order valence-electron chi connectivity index (χ3n) is 3.98. The fraction of sp³-hybridized carbons (Fsp3) is 0.222. The van der Waals surface area contributed by atoms with Crippen molar-refractivity contribution in [1.82, 2.24) is 20.0 Å². The molecule has 2 heterocycles. The Balaban J connectivity index is 1.61. The van der Waals surface area contributed by atoms with Crippen LogP contribution in [-0.2, 0) is 4.79 Å². The summed E-state index contributed by atoms with van der Waals surface area (Å²) < 4.78 is 5.34. The number of benzene rings is 1. The molecule has 27 heavy (non-hydrogen) atoms. The molecule has 1 amide bonds. The molecule has 7 nitrogen and oxygen atoms in total. The SMILES string of the molecule is CC(c1nc(-c2cccnc2)no1)N(C)CC(=O)Nc1ccc(Cl)c(Cl)c1. The van der Waals surface area contributed by atoms with E-state index in [-0.39, 0.29) is 18.5 Å². The minimum atomic E-state index is -0.248. The molecule has 3 rings (SSSR count). The van der Waals surface area contributed by atoms with Crippen molar-refractivity contribution in [2.45, 2.75) is 13.0 Å². The molecule has 0 aliphatic heterocycles. The summed E-state index contributed by atoms with van der Waals surface area (Å²) in [6, 6.07) is 8.32. The second-order valence-corrected chi connectivity index (χ2v) is 6.78. The molecule has 0 fully saturated rings. The van der Waals surface area contributed by atoms with Gasteiger partial charge in [0.25, 0.3) is 0 Å². The van der Waals surface area contributed by atoms with E-state index in [0.29, 0.717) is 27.4 Å². The molecule has 0 spiro atoms. The predicted molar refractivity (Wildman–Crippen MR) is 104 cm³/mol. The van der Waals surface area contributed by atoms with Gasteiger partial charge < -0.3 is 9.84 Å². The van der Waals surface area contributed by atoms with E-state index in [4.69, 9.17) is 27.7 Å². The number of likely N-dealkylation sites (N-methyl/N-ethyl adjacent to an activating group) is 1. The second-order valence-electron chi connectivity index (χ2n) is 5.97. The third kappa shape index (κ3) is 4.82. The summed E-state index contributed by atoms with van der Waals surface area (Å²) in [6.07, 6.45) is 3.33. The van der Waals surface area contributed by atoms with E-state index in [1.54, 1.807) is 48.6 Å². The Labute approximate surface area is 166 Å². The number of nitrogens with zero attached hydrogens (tertiary/aromatic N) is 4. The van der Waals surface area contributed by atoms with Crippen molar-refractivity contribution in [2.24, 2.45) is 0 Å². The largest absolute Gasteiger partial charge is 0.337 e. The molecule has 9 heteroatoms. The molecule has 0 saturated carbocycles. The van der Waals surface area contributed by atoms with Crippen LogP contribution in [0.5, 0.6) is 0 Å². The zero-order valence-corrected chi connectivity index (χ0v) is 16.2. The highest BCUT2D eigenvalue weighted by Gasteiger charge is 2.21. The average Bonchev–Trinajstić information content (AvgIpc) is 3.15. The normalized spacial score (nSPS) is 12.2. The summed E-state index contributed by atoms with van der Waals surface area (Å²) in [5.74, 6) is 0.673. The minimum Gasteiger partial charge on any atom is -0.337 e. The van der Waals surface area contributed by atoms with Crippen LogP contribution < -0.4 is 5.32 Å². The van der Waals surface area contributed by atoms with Gasteiger partial charge in [-0.05, 0) is 44.3 Å². The monoisotopic (exact) mass is 405 g/mol. The molecule has 1 aromatic carbocycles. The fourth-order valence-electron chi connectivity index (χ4n) is 2.34. The van der Waals surface area contributed by atoms with Crippen LogP contribution in [0.3, 0.4) is 0 Å². The van der Waals surface area contributed by atoms with Crippen molar-refractivity contribution in [2.75, 3.05) is 18.9 Å². The van der Waals surface area contributed by atoms with Crippen LogP contribution in [0.1, 0.15) is 18.9 Å². The quantitative estimate of drug-likeness (QED) is 0.665. The van der Waals surface area contributed by atoms with Gasteiger partial charge in [0, 0.05) is 23.6 Å². The maximum atomic E-state index is 12.3. The van der Waals surface area contributed by atoms with Gasteiger partial charge in [-0.2, -0.15) is 4.98 Å². The Morgan fingerprint density at radius 1 is 1.30 bits per heavy atom. The van der Waals surface area contributed by atoms with Crippen LogP contribution in [0, 0.1) is 0 Å². The third-order valence-corrected chi connectivity index (χ3v) is 4.72. The Kier molecular flexibility index (Phi) is 6.05. The van der Waals surface area contributed by atoms with E-state index in [2.05, 4.69) is 20.4 Å². The predicted octanol–water partition coefficient (Wildman–Crippen LogP) is 4.07. The number of amides is 1. The number of anilines is 1. The second kappa shape index (κ2) is 8.47. The van der Waals surface area contributed by atoms with Crippen LogP contribution >= 0.6 is 23.2 Å². The van der Waals surface area contributed by atoms with E-state index >= 15 is 0 Å². The van der Waals surface area contributed by atoms with Gasteiger partial charge in [0.15, 0.2) is 0 Å². The van der Waals surface area contributed by atoms with Crippen LogP contribution in [0.4, 0.5) is 5.69 Å². The molecule has 3 aromatic rings. The number of aromatic nitrogens is 3. The van der Waals surface area contributed by atoms with Crippen molar-refractivity contribution in [3.63, 3.8) is 0 Å². The summed E-state index contributed by atoms with van der Waals surface area (Å²) >= 11 is 11.8. The van der Waals surface area contributed by atoms with Crippen molar-refractivity contribution in [3.05, 3.63) is 58.7 Å². The van der Waals surface area contributed by atoms with Crippen LogP contribution in [-0.4, -0.2) is 39.5 Å². The number of hydrogen-bond acceptors (Lipinski definition) is 6. The number of pyridine rings is 1.